The highest BCUT2D eigenvalue weighted by Gasteiger charge is 2.55. The predicted octanol–water partition coefficient (Wildman–Crippen LogP) is 2.68. The lowest BCUT2D eigenvalue weighted by Crippen LogP contribution is -2.28. The van der Waals surface area contributed by atoms with Crippen molar-refractivity contribution in [1.82, 2.24) is 4.90 Å². The normalized spacial score (nSPS) is 27.0. The van der Waals surface area contributed by atoms with Crippen LogP contribution in [0.5, 0.6) is 0 Å². The molecule has 0 bridgehead atoms. The van der Waals surface area contributed by atoms with Crippen molar-refractivity contribution >= 4 is 11.9 Å². The Hall–Kier alpha value is -1.78. The van der Waals surface area contributed by atoms with Crippen LogP contribution >= 0.6 is 0 Å². The Morgan fingerprint density at radius 1 is 1.33 bits per heavy atom. The maximum Gasteiger partial charge on any atom is 0.339 e. The van der Waals surface area contributed by atoms with Crippen LogP contribution in [0.2, 0.25) is 0 Å². The van der Waals surface area contributed by atoms with E-state index in [-0.39, 0.29) is 17.4 Å². The molecule has 1 N–H and O–H groups in total. The highest BCUT2D eigenvalue weighted by molar-refractivity contribution is 5.88. The van der Waals surface area contributed by atoms with Crippen LogP contribution in [0.4, 0.5) is 0 Å². The summed E-state index contributed by atoms with van der Waals surface area (Å²) in [7, 11) is 1.77. The van der Waals surface area contributed by atoms with E-state index in [0.717, 1.165) is 0 Å². The maximum atomic E-state index is 12.5. The zero-order valence-electron chi connectivity index (χ0n) is 12.5. The molecule has 2 saturated carbocycles. The number of aryl methyl sites for hydroxylation is 1. The first-order valence-electron chi connectivity index (χ1n) is 7.56. The van der Waals surface area contributed by atoms with Crippen molar-refractivity contribution < 1.29 is 19.1 Å². The first-order valence-corrected chi connectivity index (χ1v) is 7.56. The molecule has 2 aliphatic carbocycles. The molecule has 0 aliphatic heterocycles. The van der Waals surface area contributed by atoms with Crippen LogP contribution in [0, 0.1) is 24.7 Å². The molecule has 2 fully saturated rings. The van der Waals surface area contributed by atoms with Gasteiger partial charge in [0.1, 0.15) is 17.1 Å². The fourth-order valence-electron chi connectivity index (χ4n) is 3.76. The number of carbonyl (C=O) groups excluding carboxylic acids is 1. The number of hydrogen-bond acceptors (Lipinski definition) is 3. The molecule has 1 aromatic heterocycles. The third-order valence-electron chi connectivity index (χ3n) is 4.91. The molecular formula is C16H21NO4. The van der Waals surface area contributed by atoms with E-state index >= 15 is 0 Å². The zero-order valence-corrected chi connectivity index (χ0v) is 12.5. The third kappa shape index (κ3) is 2.57. The molecule has 2 aliphatic rings. The van der Waals surface area contributed by atoms with Gasteiger partial charge in [0.15, 0.2) is 0 Å². The van der Waals surface area contributed by atoms with Gasteiger partial charge in [-0.3, -0.25) is 4.79 Å². The summed E-state index contributed by atoms with van der Waals surface area (Å²) in [6.45, 7) is 1.97. The summed E-state index contributed by atoms with van der Waals surface area (Å²) in [6.07, 6.45) is 4.85. The molecule has 5 heteroatoms. The van der Waals surface area contributed by atoms with E-state index in [1.54, 1.807) is 18.9 Å². The Labute approximate surface area is 123 Å². The smallest absolute Gasteiger partial charge is 0.339 e. The zero-order chi connectivity index (χ0) is 15.1. The van der Waals surface area contributed by atoms with Crippen molar-refractivity contribution in [3.05, 3.63) is 23.2 Å². The van der Waals surface area contributed by atoms with Crippen LogP contribution in [-0.4, -0.2) is 28.9 Å². The van der Waals surface area contributed by atoms with Crippen LogP contribution in [0.25, 0.3) is 0 Å². The van der Waals surface area contributed by atoms with Gasteiger partial charge < -0.3 is 14.4 Å². The van der Waals surface area contributed by atoms with Crippen LogP contribution in [-0.2, 0) is 11.3 Å². The minimum absolute atomic E-state index is 0.172. The van der Waals surface area contributed by atoms with Gasteiger partial charge in [0.25, 0.3) is 0 Å². The molecule has 0 aromatic carbocycles. The molecule has 0 unspecified atom stereocenters. The predicted molar refractivity (Wildman–Crippen MR) is 75.8 cm³/mol. The van der Waals surface area contributed by atoms with Gasteiger partial charge in [-0.15, -0.1) is 0 Å². The lowest BCUT2D eigenvalue weighted by molar-refractivity contribution is -0.132. The van der Waals surface area contributed by atoms with Crippen molar-refractivity contribution in [3.8, 4) is 0 Å². The number of aromatic carboxylic acids is 1. The van der Waals surface area contributed by atoms with Crippen molar-refractivity contribution in [2.24, 2.45) is 17.8 Å². The largest absolute Gasteiger partial charge is 0.478 e. The first-order chi connectivity index (χ1) is 9.99. The van der Waals surface area contributed by atoms with Gasteiger partial charge >= 0.3 is 5.97 Å². The van der Waals surface area contributed by atoms with E-state index in [4.69, 9.17) is 9.52 Å². The van der Waals surface area contributed by atoms with E-state index < -0.39 is 5.97 Å². The van der Waals surface area contributed by atoms with Gasteiger partial charge in [-0.1, -0.05) is 12.8 Å². The number of nitrogens with zero attached hydrogens (tertiary/aromatic N) is 1. The Morgan fingerprint density at radius 2 is 1.95 bits per heavy atom. The quantitative estimate of drug-likeness (QED) is 0.926. The van der Waals surface area contributed by atoms with Crippen LogP contribution in [0.3, 0.4) is 0 Å². The second kappa shape index (κ2) is 5.20. The van der Waals surface area contributed by atoms with E-state index in [2.05, 4.69) is 0 Å². The fraction of sp³-hybridized carbons (Fsp3) is 0.625. The molecule has 1 aromatic rings. The standard InChI is InChI=1S/C16H21NO4/c1-9-13(16(19)20)7-10(21-9)8-17(2)15(18)14-11-5-3-4-6-12(11)14/h7,11-12,14H,3-6,8H2,1-2H3,(H,19,20)/t11-,12-/m0/s1. The summed E-state index contributed by atoms with van der Waals surface area (Å²) in [6, 6.07) is 1.52. The van der Waals surface area contributed by atoms with Gasteiger partial charge in [-0.25, -0.2) is 4.79 Å². The minimum atomic E-state index is -0.996. The van der Waals surface area contributed by atoms with Crippen LogP contribution < -0.4 is 0 Å². The summed E-state index contributed by atoms with van der Waals surface area (Å²) in [4.78, 5) is 25.1. The Morgan fingerprint density at radius 3 is 2.48 bits per heavy atom. The molecule has 1 amide bonds. The van der Waals surface area contributed by atoms with Gasteiger partial charge in [0.2, 0.25) is 5.91 Å². The number of furan rings is 1. The second-order valence-electron chi connectivity index (χ2n) is 6.32. The maximum absolute atomic E-state index is 12.5. The number of carboxylic acids is 1. The van der Waals surface area contributed by atoms with E-state index in [0.29, 0.717) is 29.9 Å². The lowest BCUT2D eigenvalue weighted by atomic mass is 10.0. The summed E-state index contributed by atoms with van der Waals surface area (Å²) < 4.78 is 5.44. The molecule has 0 spiro atoms. The molecule has 0 saturated heterocycles. The minimum Gasteiger partial charge on any atom is -0.478 e. The fourth-order valence-corrected chi connectivity index (χ4v) is 3.76. The van der Waals surface area contributed by atoms with E-state index in [9.17, 15) is 9.59 Å². The number of rotatable bonds is 4. The molecule has 21 heavy (non-hydrogen) atoms. The number of carboxylic acid groups (broad SMARTS) is 1. The number of amides is 1. The van der Waals surface area contributed by atoms with Crippen LogP contribution in [0.1, 0.15) is 47.6 Å². The average molecular weight is 291 g/mol. The SMILES string of the molecule is Cc1oc(CN(C)C(=O)C2[C@H]3CCCC[C@H]23)cc1C(=O)O. The van der Waals surface area contributed by atoms with Gasteiger partial charge in [0, 0.05) is 13.0 Å². The summed E-state index contributed by atoms with van der Waals surface area (Å²) in [5.74, 6) is 1.46. The van der Waals surface area contributed by atoms with E-state index in [1.807, 2.05) is 0 Å². The molecule has 114 valence electrons. The van der Waals surface area contributed by atoms with Crippen molar-refractivity contribution in [3.63, 3.8) is 0 Å². The van der Waals surface area contributed by atoms with Gasteiger partial charge in [-0.2, -0.15) is 0 Å². The molecule has 0 radical (unpaired) electrons. The summed E-state index contributed by atoms with van der Waals surface area (Å²) in [5, 5.41) is 9.02. The van der Waals surface area contributed by atoms with Gasteiger partial charge in [0.05, 0.1) is 6.54 Å². The Balaban J connectivity index is 1.63. The third-order valence-corrected chi connectivity index (χ3v) is 4.91. The molecule has 2 atom stereocenters. The van der Waals surface area contributed by atoms with E-state index in [1.165, 1.54) is 31.7 Å². The molecular weight excluding hydrogens is 270 g/mol. The molecule has 3 rings (SSSR count). The Kier molecular flexibility index (Phi) is 3.51. The summed E-state index contributed by atoms with van der Waals surface area (Å²) in [5.41, 5.74) is 0.172. The molecule has 1 heterocycles. The second-order valence-corrected chi connectivity index (χ2v) is 6.32. The van der Waals surface area contributed by atoms with Crippen molar-refractivity contribution in [2.45, 2.75) is 39.2 Å². The van der Waals surface area contributed by atoms with Crippen molar-refractivity contribution in [1.29, 1.82) is 0 Å². The average Bonchev–Trinajstić information content (AvgIpc) is 3.06. The number of carbonyl (C=O) groups is 2. The van der Waals surface area contributed by atoms with Gasteiger partial charge in [-0.05, 0) is 37.7 Å². The van der Waals surface area contributed by atoms with Crippen LogP contribution in [0.15, 0.2) is 10.5 Å². The monoisotopic (exact) mass is 291 g/mol. The van der Waals surface area contributed by atoms with Crippen molar-refractivity contribution in [2.75, 3.05) is 7.05 Å². The number of fused-ring (bicyclic) bond motifs is 1. The summed E-state index contributed by atoms with van der Waals surface area (Å²) >= 11 is 0. The number of hydrogen-bond donors (Lipinski definition) is 1. The highest BCUT2D eigenvalue weighted by atomic mass is 16.4. The molecule has 5 nitrogen and oxygen atoms in total. The lowest BCUT2D eigenvalue weighted by Gasteiger charge is -2.15. The highest BCUT2D eigenvalue weighted by Crippen LogP contribution is 2.56. The Bertz CT molecular complexity index is 565. The topological polar surface area (TPSA) is 70.8 Å². The first kappa shape index (κ1) is 14.2.